The van der Waals surface area contributed by atoms with Crippen molar-refractivity contribution in [2.24, 2.45) is 5.92 Å². The van der Waals surface area contributed by atoms with Crippen molar-refractivity contribution in [3.05, 3.63) is 21.9 Å². The van der Waals surface area contributed by atoms with Crippen LogP contribution in [0.2, 0.25) is 0 Å². The zero-order valence-corrected chi connectivity index (χ0v) is 10.1. The Morgan fingerprint density at radius 3 is 2.87 bits per heavy atom. The number of carbonyl (C=O) groups excluding carboxylic acids is 1. The van der Waals surface area contributed by atoms with Crippen LogP contribution < -0.4 is 0 Å². The zero-order valence-electron chi connectivity index (χ0n) is 9.29. The molecule has 0 aliphatic heterocycles. The molecule has 1 nitrogen and oxygen atoms in total. The predicted molar refractivity (Wildman–Crippen MR) is 64.6 cm³/mol. The first-order valence-corrected chi connectivity index (χ1v) is 6.78. The molecule has 0 atom stereocenters. The summed E-state index contributed by atoms with van der Waals surface area (Å²) >= 11 is 1.62. The third-order valence-electron chi connectivity index (χ3n) is 3.33. The molecule has 0 unspecified atom stereocenters. The zero-order chi connectivity index (χ0) is 10.7. The molecule has 0 bridgehead atoms. The third-order valence-corrected chi connectivity index (χ3v) is 4.33. The smallest absolute Gasteiger partial charge is 0.173 e. The van der Waals surface area contributed by atoms with Gasteiger partial charge in [-0.25, -0.2) is 0 Å². The highest BCUT2D eigenvalue weighted by molar-refractivity contribution is 7.12. The van der Waals surface area contributed by atoms with Crippen LogP contribution in [0.25, 0.3) is 0 Å². The summed E-state index contributed by atoms with van der Waals surface area (Å²) in [6.07, 6.45) is 6.94. The molecule has 2 heteroatoms. The van der Waals surface area contributed by atoms with Crippen molar-refractivity contribution in [3.63, 3.8) is 0 Å². The maximum atomic E-state index is 12.1. The van der Waals surface area contributed by atoms with Gasteiger partial charge in [-0.2, -0.15) is 0 Å². The van der Waals surface area contributed by atoms with E-state index in [1.54, 1.807) is 11.3 Å². The number of aryl methyl sites for hydroxylation is 1. The maximum Gasteiger partial charge on any atom is 0.173 e. The van der Waals surface area contributed by atoms with Crippen molar-refractivity contribution in [2.75, 3.05) is 0 Å². The number of thiophene rings is 1. The van der Waals surface area contributed by atoms with Crippen LogP contribution in [0.4, 0.5) is 0 Å². The Balaban J connectivity index is 2.00. The normalized spacial score (nSPS) is 17.1. The fraction of sp³-hybridized carbons (Fsp3) is 0.615. The molecule has 1 heterocycles. The van der Waals surface area contributed by atoms with E-state index in [0.717, 1.165) is 17.7 Å². The quantitative estimate of drug-likeness (QED) is 0.702. The summed E-state index contributed by atoms with van der Waals surface area (Å²) < 4.78 is 0. The number of ketones is 1. The third kappa shape index (κ3) is 2.49. The molecule has 0 spiro atoms. The molecule has 1 aliphatic carbocycles. The average Bonchev–Trinajstić information content (AvgIpc) is 2.86. The van der Waals surface area contributed by atoms with Gasteiger partial charge in [-0.3, -0.25) is 4.79 Å². The number of rotatable bonds is 4. The van der Waals surface area contributed by atoms with E-state index in [1.165, 1.54) is 31.2 Å². The van der Waals surface area contributed by atoms with Gasteiger partial charge in [0.15, 0.2) is 5.78 Å². The molecule has 0 N–H and O–H groups in total. The van der Waals surface area contributed by atoms with Gasteiger partial charge in [0.05, 0.1) is 4.88 Å². The highest BCUT2D eigenvalue weighted by Gasteiger charge is 2.21. The fourth-order valence-electron chi connectivity index (χ4n) is 2.43. The molecule has 1 aliphatic rings. The fourth-order valence-corrected chi connectivity index (χ4v) is 3.38. The standard InChI is InChI=1S/C13H18OS/c1-2-11-7-8-15-13(11)12(14)9-10-5-3-4-6-10/h7-8,10H,2-6,9H2,1H3. The Morgan fingerprint density at radius 1 is 1.47 bits per heavy atom. The van der Waals surface area contributed by atoms with Crippen molar-refractivity contribution >= 4 is 17.1 Å². The lowest BCUT2D eigenvalue weighted by molar-refractivity contribution is 0.0965. The van der Waals surface area contributed by atoms with E-state index in [2.05, 4.69) is 13.0 Å². The summed E-state index contributed by atoms with van der Waals surface area (Å²) in [6, 6.07) is 2.09. The minimum absolute atomic E-state index is 0.383. The number of Topliss-reactive ketones (excluding diaryl/α,β-unsaturated/α-hetero) is 1. The van der Waals surface area contributed by atoms with Crippen LogP contribution in [0.1, 0.15) is 54.3 Å². The summed E-state index contributed by atoms with van der Waals surface area (Å²) in [7, 11) is 0. The second-order valence-corrected chi connectivity index (χ2v) is 5.32. The minimum Gasteiger partial charge on any atom is -0.293 e. The van der Waals surface area contributed by atoms with Crippen molar-refractivity contribution in [1.82, 2.24) is 0 Å². The second kappa shape index (κ2) is 4.93. The van der Waals surface area contributed by atoms with E-state index in [1.807, 2.05) is 5.38 Å². The Labute approximate surface area is 95.5 Å². The molecule has 1 aromatic rings. The number of carbonyl (C=O) groups is 1. The van der Waals surface area contributed by atoms with Gasteiger partial charge in [0.1, 0.15) is 0 Å². The van der Waals surface area contributed by atoms with Crippen LogP contribution in [0.5, 0.6) is 0 Å². The monoisotopic (exact) mass is 222 g/mol. The summed E-state index contributed by atoms with van der Waals surface area (Å²) in [4.78, 5) is 13.1. The maximum absolute atomic E-state index is 12.1. The van der Waals surface area contributed by atoms with Crippen LogP contribution in [-0.2, 0) is 6.42 Å². The van der Waals surface area contributed by atoms with Gasteiger partial charge in [-0.15, -0.1) is 11.3 Å². The van der Waals surface area contributed by atoms with Crippen molar-refractivity contribution in [2.45, 2.75) is 45.4 Å². The second-order valence-electron chi connectivity index (χ2n) is 4.41. The molecule has 0 saturated heterocycles. The largest absolute Gasteiger partial charge is 0.293 e. The molecule has 0 aromatic carbocycles. The SMILES string of the molecule is CCc1ccsc1C(=O)CC1CCCC1. The Kier molecular flexibility index (Phi) is 3.57. The van der Waals surface area contributed by atoms with E-state index in [0.29, 0.717) is 11.7 Å². The topological polar surface area (TPSA) is 17.1 Å². The van der Waals surface area contributed by atoms with E-state index >= 15 is 0 Å². The number of hydrogen-bond donors (Lipinski definition) is 0. The van der Waals surface area contributed by atoms with Gasteiger partial charge >= 0.3 is 0 Å². The Bertz CT molecular complexity index is 334. The molecule has 0 radical (unpaired) electrons. The summed E-state index contributed by atoms with van der Waals surface area (Å²) in [6.45, 7) is 2.12. The first-order valence-electron chi connectivity index (χ1n) is 5.90. The lowest BCUT2D eigenvalue weighted by Crippen LogP contribution is -2.05. The molecule has 0 amide bonds. The van der Waals surface area contributed by atoms with Crippen molar-refractivity contribution < 1.29 is 4.79 Å². The molecule has 82 valence electrons. The Hall–Kier alpha value is -0.630. The summed E-state index contributed by atoms with van der Waals surface area (Å²) in [5.41, 5.74) is 1.24. The molecular formula is C13H18OS. The van der Waals surface area contributed by atoms with Gasteiger partial charge in [-0.05, 0) is 29.3 Å². The molecule has 15 heavy (non-hydrogen) atoms. The molecular weight excluding hydrogens is 204 g/mol. The van der Waals surface area contributed by atoms with Gasteiger partial charge in [-0.1, -0.05) is 32.6 Å². The Morgan fingerprint density at radius 2 is 2.20 bits per heavy atom. The van der Waals surface area contributed by atoms with Crippen LogP contribution >= 0.6 is 11.3 Å². The van der Waals surface area contributed by atoms with Gasteiger partial charge in [0, 0.05) is 6.42 Å². The van der Waals surface area contributed by atoms with Crippen LogP contribution in [-0.4, -0.2) is 5.78 Å². The average molecular weight is 222 g/mol. The van der Waals surface area contributed by atoms with Crippen molar-refractivity contribution in [3.8, 4) is 0 Å². The lowest BCUT2D eigenvalue weighted by Gasteiger charge is -2.07. The summed E-state index contributed by atoms with van der Waals surface area (Å²) in [5, 5.41) is 2.04. The van der Waals surface area contributed by atoms with E-state index < -0.39 is 0 Å². The summed E-state index contributed by atoms with van der Waals surface area (Å²) in [5.74, 6) is 1.05. The first-order chi connectivity index (χ1) is 7.31. The predicted octanol–water partition coefficient (Wildman–Crippen LogP) is 4.07. The van der Waals surface area contributed by atoms with E-state index in [4.69, 9.17) is 0 Å². The molecule has 1 aromatic heterocycles. The van der Waals surface area contributed by atoms with E-state index in [-0.39, 0.29) is 0 Å². The van der Waals surface area contributed by atoms with Crippen LogP contribution in [0.15, 0.2) is 11.4 Å². The first kappa shape index (κ1) is 10.9. The number of hydrogen-bond acceptors (Lipinski definition) is 2. The van der Waals surface area contributed by atoms with Crippen LogP contribution in [0.3, 0.4) is 0 Å². The minimum atomic E-state index is 0.383. The molecule has 1 fully saturated rings. The molecule has 1 saturated carbocycles. The van der Waals surface area contributed by atoms with Gasteiger partial charge < -0.3 is 0 Å². The van der Waals surface area contributed by atoms with E-state index in [9.17, 15) is 4.79 Å². The highest BCUT2D eigenvalue weighted by Crippen LogP contribution is 2.30. The highest BCUT2D eigenvalue weighted by atomic mass is 32.1. The molecule has 2 rings (SSSR count). The van der Waals surface area contributed by atoms with Gasteiger partial charge in [0.25, 0.3) is 0 Å². The van der Waals surface area contributed by atoms with Gasteiger partial charge in [0.2, 0.25) is 0 Å². The van der Waals surface area contributed by atoms with Crippen LogP contribution in [0, 0.1) is 5.92 Å². The lowest BCUT2D eigenvalue weighted by atomic mass is 9.99. The van der Waals surface area contributed by atoms with Crippen molar-refractivity contribution in [1.29, 1.82) is 0 Å².